The van der Waals surface area contributed by atoms with Crippen LogP contribution in [-0.2, 0) is 0 Å². The Bertz CT molecular complexity index is 306. The van der Waals surface area contributed by atoms with Gasteiger partial charge in [0.2, 0.25) is 0 Å². The average Bonchev–Trinajstić information content (AvgIpc) is 2.34. The molecule has 0 fully saturated rings. The molecule has 0 aromatic heterocycles. The summed E-state index contributed by atoms with van der Waals surface area (Å²) in [5.74, 6) is 0. The van der Waals surface area contributed by atoms with E-state index in [1.165, 1.54) is 43.2 Å². The van der Waals surface area contributed by atoms with Gasteiger partial charge in [0.05, 0.1) is 0 Å². The zero-order chi connectivity index (χ0) is 12.5. The molecule has 0 aliphatic heterocycles. The van der Waals surface area contributed by atoms with Crippen LogP contribution in [-0.4, -0.2) is 6.54 Å². The molecule has 0 amide bonds. The first-order valence-corrected chi connectivity index (χ1v) is 7.04. The second kappa shape index (κ2) is 8.30. The molecule has 96 valence electrons. The third-order valence-electron chi connectivity index (χ3n) is 3.39. The molecule has 1 aromatic rings. The zero-order valence-corrected chi connectivity index (χ0v) is 11.6. The lowest BCUT2D eigenvalue weighted by molar-refractivity contribution is 0.530. The summed E-state index contributed by atoms with van der Waals surface area (Å²) in [5, 5.41) is 3.62. The van der Waals surface area contributed by atoms with Crippen molar-refractivity contribution in [1.82, 2.24) is 5.32 Å². The van der Waals surface area contributed by atoms with Gasteiger partial charge in [-0.2, -0.15) is 0 Å². The number of hydrogen-bond donors (Lipinski definition) is 1. The van der Waals surface area contributed by atoms with Gasteiger partial charge in [-0.3, -0.25) is 0 Å². The number of hydrogen-bond acceptors (Lipinski definition) is 1. The second-order valence-corrected chi connectivity index (χ2v) is 4.95. The van der Waals surface area contributed by atoms with Crippen LogP contribution in [0.2, 0.25) is 0 Å². The minimum absolute atomic E-state index is 0.474. The highest BCUT2D eigenvalue weighted by molar-refractivity contribution is 5.28. The molecule has 0 aliphatic rings. The molecule has 1 N–H and O–H groups in total. The van der Waals surface area contributed by atoms with E-state index in [1.54, 1.807) is 0 Å². The molecule has 17 heavy (non-hydrogen) atoms. The first kappa shape index (κ1) is 14.2. The molecule has 1 heteroatoms. The molecule has 0 radical (unpaired) electrons. The van der Waals surface area contributed by atoms with E-state index in [-0.39, 0.29) is 0 Å². The Balaban J connectivity index is 2.21. The van der Waals surface area contributed by atoms with Gasteiger partial charge in [-0.05, 0) is 37.9 Å². The van der Waals surface area contributed by atoms with Gasteiger partial charge in [0.15, 0.2) is 0 Å². The molecule has 1 rings (SSSR count). The largest absolute Gasteiger partial charge is 0.310 e. The van der Waals surface area contributed by atoms with Crippen LogP contribution in [0.15, 0.2) is 24.3 Å². The van der Waals surface area contributed by atoms with Gasteiger partial charge in [0.25, 0.3) is 0 Å². The normalized spacial score (nSPS) is 12.6. The Morgan fingerprint density at radius 2 is 1.76 bits per heavy atom. The van der Waals surface area contributed by atoms with Crippen LogP contribution < -0.4 is 5.32 Å². The summed E-state index contributed by atoms with van der Waals surface area (Å²) in [7, 11) is 0. The average molecular weight is 233 g/mol. The Labute approximate surface area is 107 Å². The molecule has 0 heterocycles. The lowest BCUT2D eigenvalue weighted by Crippen LogP contribution is -2.20. The Hall–Kier alpha value is -0.820. The second-order valence-electron chi connectivity index (χ2n) is 4.95. The number of rotatable bonds is 8. The first-order chi connectivity index (χ1) is 8.25. The molecule has 0 aliphatic carbocycles. The Kier molecular flexibility index (Phi) is 6.95. The van der Waals surface area contributed by atoms with Crippen LogP contribution in [0.25, 0.3) is 0 Å². The number of aryl methyl sites for hydroxylation is 1. The van der Waals surface area contributed by atoms with Crippen LogP contribution in [0.3, 0.4) is 0 Å². The molecule has 0 bridgehead atoms. The fourth-order valence-corrected chi connectivity index (χ4v) is 2.23. The topological polar surface area (TPSA) is 12.0 Å². The molecular weight excluding hydrogens is 206 g/mol. The van der Waals surface area contributed by atoms with Crippen LogP contribution >= 0.6 is 0 Å². The lowest BCUT2D eigenvalue weighted by Gasteiger charge is -2.16. The molecular formula is C16H27N. The zero-order valence-electron chi connectivity index (χ0n) is 11.6. The molecule has 1 nitrogen and oxygen atoms in total. The predicted octanol–water partition coefficient (Wildman–Crippen LogP) is 4.62. The van der Waals surface area contributed by atoms with Gasteiger partial charge in [-0.1, -0.05) is 56.9 Å². The molecule has 0 saturated heterocycles. The van der Waals surface area contributed by atoms with Crippen molar-refractivity contribution in [3.8, 4) is 0 Å². The molecule has 1 aromatic carbocycles. The molecule has 0 saturated carbocycles. The summed E-state index contributed by atoms with van der Waals surface area (Å²) in [6.07, 6.45) is 6.76. The number of unbranched alkanes of at least 4 members (excludes halogenated alkanes) is 4. The minimum Gasteiger partial charge on any atom is -0.310 e. The van der Waals surface area contributed by atoms with Gasteiger partial charge < -0.3 is 5.32 Å². The smallest absolute Gasteiger partial charge is 0.0294 e. The van der Waals surface area contributed by atoms with Crippen LogP contribution in [0.5, 0.6) is 0 Å². The number of nitrogens with one attached hydrogen (secondary N) is 1. The van der Waals surface area contributed by atoms with E-state index in [2.05, 4.69) is 50.4 Å². The maximum absolute atomic E-state index is 3.62. The van der Waals surface area contributed by atoms with E-state index in [4.69, 9.17) is 0 Å². The van der Waals surface area contributed by atoms with Gasteiger partial charge >= 0.3 is 0 Å². The highest BCUT2D eigenvalue weighted by Crippen LogP contribution is 2.16. The maximum atomic E-state index is 3.62. The Morgan fingerprint density at radius 3 is 2.47 bits per heavy atom. The fourth-order valence-electron chi connectivity index (χ4n) is 2.23. The third kappa shape index (κ3) is 5.36. The van der Waals surface area contributed by atoms with Crippen molar-refractivity contribution < 1.29 is 0 Å². The van der Waals surface area contributed by atoms with Crippen LogP contribution in [0.1, 0.15) is 63.1 Å². The maximum Gasteiger partial charge on any atom is 0.0294 e. The predicted molar refractivity (Wildman–Crippen MR) is 76.4 cm³/mol. The highest BCUT2D eigenvalue weighted by atomic mass is 14.9. The SMILES string of the molecule is CCCCCCCNC(C)c1ccccc1C. The van der Waals surface area contributed by atoms with Gasteiger partial charge in [-0.25, -0.2) is 0 Å². The molecule has 0 spiro atoms. The van der Waals surface area contributed by atoms with Crippen LogP contribution in [0, 0.1) is 6.92 Å². The van der Waals surface area contributed by atoms with E-state index in [0.29, 0.717) is 6.04 Å². The summed E-state index contributed by atoms with van der Waals surface area (Å²) in [5.41, 5.74) is 2.82. The third-order valence-corrected chi connectivity index (χ3v) is 3.39. The van der Waals surface area contributed by atoms with Crippen LogP contribution in [0.4, 0.5) is 0 Å². The van der Waals surface area contributed by atoms with Crippen molar-refractivity contribution in [3.05, 3.63) is 35.4 Å². The number of benzene rings is 1. The first-order valence-electron chi connectivity index (χ1n) is 7.04. The summed E-state index contributed by atoms with van der Waals surface area (Å²) >= 11 is 0. The van der Waals surface area contributed by atoms with Crippen molar-refractivity contribution in [3.63, 3.8) is 0 Å². The lowest BCUT2D eigenvalue weighted by atomic mass is 10.0. The van der Waals surface area contributed by atoms with E-state index in [1.807, 2.05) is 0 Å². The van der Waals surface area contributed by atoms with Gasteiger partial charge in [0.1, 0.15) is 0 Å². The van der Waals surface area contributed by atoms with Crippen molar-refractivity contribution >= 4 is 0 Å². The summed E-state index contributed by atoms with van der Waals surface area (Å²) in [4.78, 5) is 0. The van der Waals surface area contributed by atoms with E-state index in [0.717, 1.165) is 6.54 Å². The highest BCUT2D eigenvalue weighted by Gasteiger charge is 2.05. The van der Waals surface area contributed by atoms with E-state index < -0.39 is 0 Å². The summed E-state index contributed by atoms with van der Waals surface area (Å²) in [6, 6.07) is 9.12. The fraction of sp³-hybridized carbons (Fsp3) is 0.625. The van der Waals surface area contributed by atoms with Crippen molar-refractivity contribution in [2.24, 2.45) is 0 Å². The summed E-state index contributed by atoms with van der Waals surface area (Å²) in [6.45, 7) is 7.85. The standard InChI is InChI=1S/C16H27N/c1-4-5-6-7-10-13-17-15(3)16-12-9-8-11-14(16)2/h8-9,11-12,15,17H,4-7,10,13H2,1-3H3. The minimum atomic E-state index is 0.474. The van der Waals surface area contributed by atoms with Gasteiger partial charge in [-0.15, -0.1) is 0 Å². The van der Waals surface area contributed by atoms with Gasteiger partial charge in [0, 0.05) is 6.04 Å². The van der Waals surface area contributed by atoms with E-state index in [9.17, 15) is 0 Å². The monoisotopic (exact) mass is 233 g/mol. The van der Waals surface area contributed by atoms with E-state index >= 15 is 0 Å². The Morgan fingerprint density at radius 1 is 1.06 bits per heavy atom. The summed E-state index contributed by atoms with van der Waals surface area (Å²) < 4.78 is 0. The molecule has 1 atom stereocenters. The van der Waals surface area contributed by atoms with Crippen molar-refractivity contribution in [2.45, 2.75) is 58.9 Å². The molecule has 1 unspecified atom stereocenters. The quantitative estimate of drug-likeness (QED) is 0.646. The van der Waals surface area contributed by atoms with Crippen molar-refractivity contribution in [2.75, 3.05) is 6.54 Å². The van der Waals surface area contributed by atoms with Crippen molar-refractivity contribution in [1.29, 1.82) is 0 Å².